The van der Waals surface area contributed by atoms with E-state index in [1.165, 1.54) is 25.8 Å². The summed E-state index contributed by atoms with van der Waals surface area (Å²) in [7, 11) is 0. The minimum absolute atomic E-state index is 0.626. The van der Waals surface area contributed by atoms with Gasteiger partial charge in [-0.1, -0.05) is 19.9 Å². The zero-order valence-corrected chi connectivity index (χ0v) is 8.76. The van der Waals surface area contributed by atoms with Gasteiger partial charge in [-0.05, 0) is 30.9 Å². The summed E-state index contributed by atoms with van der Waals surface area (Å²) in [5, 5.41) is 0. The number of rotatable bonds is 6. The SMILES string of the molecule is C=C(CN)CN(CC)CC1CCC1. The Labute approximate surface area is 81.8 Å². The van der Waals surface area contributed by atoms with Crippen LogP contribution in [-0.4, -0.2) is 31.1 Å². The summed E-state index contributed by atoms with van der Waals surface area (Å²) in [5.41, 5.74) is 6.68. The lowest BCUT2D eigenvalue weighted by Gasteiger charge is -2.32. The monoisotopic (exact) mass is 182 g/mol. The topological polar surface area (TPSA) is 29.3 Å². The summed E-state index contributed by atoms with van der Waals surface area (Å²) < 4.78 is 0. The zero-order chi connectivity index (χ0) is 9.68. The molecule has 0 aromatic rings. The summed E-state index contributed by atoms with van der Waals surface area (Å²) in [6.45, 7) is 10.1. The molecule has 76 valence electrons. The Kier molecular flexibility index (Phi) is 4.46. The van der Waals surface area contributed by atoms with Crippen LogP contribution in [0, 0.1) is 5.92 Å². The fourth-order valence-electron chi connectivity index (χ4n) is 1.73. The molecular formula is C11H22N2. The maximum absolute atomic E-state index is 5.53. The first kappa shape index (κ1) is 10.7. The quantitative estimate of drug-likeness (QED) is 0.633. The van der Waals surface area contributed by atoms with E-state index < -0.39 is 0 Å². The molecule has 1 aliphatic rings. The van der Waals surface area contributed by atoms with Crippen molar-refractivity contribution in [2.75, 3.05) is 26.2 Å². The molecule has 0 atom stereocenters. The van der Waals surface area contributed by atoms with Crippen molar-refractivity contribution in [2.24, 2.45) is 11.7 Å². The Bertz CT molecular complexity index is 161. The zero-order valence-electron chi connectivity index (χ0n) is 8.76. The van der Waals surface area contributed by atoms with E-state index in [0.29, 0.717) is 6.54 Å². The maximum atomic E-state index is 5.53. The fraction of sp³-hybridized carbons (Fsp3) is 0.818. The molecule has 2 nitrogen and oxygen atoms in total. The van der Waals surface area contributed by atoms with E-state index >= 15 is 0 Å². The van der Waals surface area contributed by atoms with Crippen molar-refractivity contribution in [3.8, 4) is 0 Å². The average molecular weight is 182 g/mol. The van der Waals surface area contributed by atoms with Crippen LogP contribution in [-0.2, 0) is 0 Å². The minimum Gasteiger partial charge on any atom is -0.327 e. The van der Waals surface area contributed by atoms with Gasteiger partial charge in [0.15, 0.2) is 0 Å². The second-order valence-electron chi connectivity index (χ2n) is 4.08. The Morgan fingerprint density at radius 1 is 1.54 bits per heavy atom. The van der Waals surface area contributed by atoms with Gasteiger partial charge in [0.1, 0.15) is 0 Å². The highest BCUT2D eigenvalue weighted by Gasteiger charge is 2.19. The largest absolute Gasteiger partial charge is 0.327 e. The van der Waals surface area contributed by atoms with Crippen LogP contribution in [0.4, 0.5) is 0 Å². The number of likely N-dealkylation sites (N-methyl/N-ethyl adjacent to an activating group) is 1. The molecule has 2 N–H and O–H groups in total. The van der Waals surface area contributed by atoms with Gasteiger partial charge in [-0.25, -0.2) is 0 Å². The lowest BCUT2D eigenvalue weighted by Crippen LogP contribution is -2.34. The van der Waals surface area contributed by atoms with Crippen molar-refractivity contribution in [3.63, 3.8) is 0 Å². The van der Waals surface area contributed by atoms with Crippen LogP contribution in [0.25, 0.3) is 0 Å². The van der Waals surface area contributed by atoms with Gasteiger partial charge < -0.3 is 5.73 Å². The van der Waals surface area contributed by atoms with Gasteiger partial charge in [0.2, 0.25) is 0 Å². The molecule has 0 saturated heterocycles. The lowest BCUT2D eigenvalue weighted by molar-refractivity contribution is 0.194. The van der Waals surface area contributed by atoms with E-state index in [4.69, 9.17) is 5.73 Å². The van der Waals surface area contributed by atoms with E-state index in [1.807, 2.05) is 0 Å². The molecule has 1 rings (SSSR count). The average Bonchev–Trinajstić information content (AvgIpc) is 2.08. The smallest absolute Gasteiger partial charge is 0.0202 e. The van der Waals surface area contributed by atoms with Crippen LogP contribution < -0.4 is 5.73 Å². The predicted octanol–water partition coefficient (Wildman–Crippen LogP) is 1.62. The van der Waals surface area contributed by atoms with Crippen LogP contribution in [0.15, 0.2) is 12.2 Å². The second-order valence-corrected chi connectivity index (χ2v) is 4.08. The Morgan fingerprint density at radius 3 is 2.62 bits per heavy atom. The Hall–Kier alpha value is -0.340. The number of nitrogens with zero attached hydrogens (tertiary/aromatic N) is 1. The summed E-state index contributed by atoms with van der Waals surface area (Å²) in [6, 6.07) is 0. The van der Waals surface area contributed by atoms with Crippen LogP contribution in [0.3, 0.4) is 0 Å². The summed E-state index contributed by atoms with van der Waals surface area (Å²) >= 11 is 0. The Balaban J connectivity index is 2.20. The fourth-order valence-corrected chi connectivity index (χ4v) is 1.73. The van der Waals surface area contributed by atoms with Crippen LogP contribution in [0.1, 0.15) is 26.2 Å². The number of hydrogen-bond acceptors (Lipinski definition) is 2. The third kappa shape index (κ3) is 3.49. The van der Waals surface area contributed by atoms with Gasteiger partial charge in [0, 0.05) is 19.6 Å². The molecular weight excluding hydrogens is 160 g/mol. The third-order valence-electron chi connectivity index (χ3n) is 2.92. The molecule has 1 fully saturated rings. The lowest BCUT2D eigenvalue weighted by atomic mass is 9.85. The highest BCUT2D eigenvalue weighted by molar-refractivity contribution is 4.98. The third-order valence-corrected chi connectivity index (χ3v) is 2.92. The number of nitrogens with two attached hydrogens (primary N) is 1. The first-order valence-corrected chi connectivity index (χ1v) is 5.35. The van der Waals surface area contributed by atoms with E-state index in [1.54, 1.807) is 0 Å². The summed E-state index contributed by atoms with van der Waals surface area (Å²) in [5.74, 6) is 0.950. The summed E-state index contributed by atoms with van der Waals surface area (Å²) in [4.78, 5) is 2.46. The molecule has 2 heteroatoms. The maximum Gasteiger partial charge on any atom is 0.0202 e. The first-order chi connectivity index (χ1) is 6.26. The molecule has 13 heavy (non-hydrogen) atoms. The van der Waals surface area contributed by atoms with Crippen molar-refractivity contribution in [3.05, 3.63) is 12.2 Å². The van der Waals surface area contributed by atoms with Crippen molar-refractivity contribution < 1.29 is 0 Å². The van der Waals surface area contributed by atoms with Crippen LogP contribution in [0.2, 0.25) is 0 Å². The predicted molar refractivity (Wildman–Crippen MR) is 57.6 cm³/mol. The molecule has 0 bridgehead atoms. The first-order valence-electron chi connectivity index (χ1n) is 5.35. The molecule has 0 amide bonds. The van der Waals surface area contributed by atoms with Crippen LogP contribution >= 0.6 is 0 Å². The number of hydrogen-bond donors (Lipinski definition) is 1. The van der Waals surface area contributed by atoms with Crippen molar-refractivity contribution >= 4 is 0 Å². The van der Waals surface area contributed by atoms with E-state index in [0.717, 1.165) is 24.6 Å². The van der Waals surface area contributed by atoms with E-state index in [9.17, 15) is 0 Å². The normalized spacial score (nSPS) is 17.5. The second kappa shape index (κ2) is 5.40. The molecule has 0 heterocycles. The standard InChI is InChI=1S/C11H22N2/c1-3-13(8-10(2)7-12)9-11-5-4-6-11/h11H,2-9,12H2,1H3. The van der Waals surface area contributed by atoms with Gasteiger partial charge in [-0.2, -0.15) is 0 Å². The van der Waals surface area contributed by atoms with Gasteiger partial charge in [-0.15, -0.1) is 0 Å². The molecule has 0 aromatic heterocycles. The van der Waals surface area contributed by atoms with Gasteiger partial charge in [-0.3, -0.25) is 4.90 Å². The van der Waals surface area contributed by atoms with Gasteiger partial charge >= 0.3 is 0 Å². The molecule has 0 aliphatic heterocycles. The molecule has 0 spiro atoms. The van der Waals surface area contributed by atoms with Crippen molar-refractivity contribution in [2.45, 2.75) is 26.2 Å². The molecule has 0 aromatic carbocycles. The van der Waals surface area contributed by atoms with E-state index in [2.05, 4.69) is 18.4 Å². The summed E-state index contributed by atoms with van der Waals surface area (Å²) in [6.07, 6.45) is 4.28. The van der Waals surface area contributed by atoms with Gasteiger partial charge in [0.25, 0.3) is 0 Å². The molecule has 1 saturated carbocycles. The molecule has 0 unspecified atom stereocenters. The van der Waals surface area contributed by atoms with Crippen molar-refractivity contribution in [1.29, 1.82) is 0 Å². The molecule has 1 aliphatic carbocycles. The highest BCUT2D eigenvalue weighted by atomic mass is 15.1. The molecule has 0 radical (unpaired) electrons. The van der Waals surface area contributed by atoms with E-state index in [-0.39, 0.29) is 0 Å². The van der Waals surface area contributed by atoms with Crippen molar-refractivity contribution in [1.82, 2.24) is 4.90 Å². The van der Waals surface area contributed by atoms with Gasteiger partial charge in [0.05, 0.1) is 0 Å². The minimum atomic E-state index is 0.626. The Morgan fingerprint density at radius 2 is 2.23 bits per heavy atom. The van der Waals surface area contributed by atoms with Crippen LogP contribution in [0.5, 0.6) is 0 Å². The highest BCUT2D eigenvalue weighted by Crippen LogP contribution is 2.27.